The van der Waals surface area contributed by atoms with Gasteiger partial charge in [0.15, 0.2) is 0 Å². The molecule has 1 atom stereocenters. The van der Waals surface area contributed by atoms with Crippen molar-refractivity contribution in [2.24, 2.45) is 0 Å². The van der Waals surface area contributed by atoms with Gasteiger partial charge in [-0.2, -0.15) is 0 Å². The van der Waals surface area contributed by atoms with E-state index in [4.69, 9.17) is 4.74 Å². The summed E-state index contributed by atoms with van der Waals surface area (Å²) in [6.07, 6.45) is 4.33. The molecule has 1 aromatic carbocycles. The summed E-state index contributed by atoms with van der Waals surface area (Å²) in [5.74, 6) is 0.755. The highest BCUT2D eigenvalue weighted by atomic mass is 16.5. The number of ether oxygens (including phenoxy) is 1. The van der Waals surface area contributed by atoms with E-state index in [9.17, 15) is 0 Å². The maximum Gasteiger partial charge on any atom is 0.221 e. The third kappa shape index (κ3) is 2.18. The van der Waals surface area contributed by atoms with Crippen molar-refractivity contribution in [3.63, 3.8) is 0 Å². The fourth-order valence-electron chi connectivity index (χ4n) is 2.50. The normalized spacial score (nSPS) is 19.3. The monoisotopic (exact) mass is 242 g/mol. The number of aryl methyl sites for hydroxylation is 1. The highest BCUT2D eigenvalue weighted by molar-refractivity contribution is 5.89. The number of benzene rings is 1. The summed E-state index contributed by atoms with van der Waals surface area (Å²) in [5.41, 5.74) is 1.19. The molecule has 0 bridgehead atoms. The lowest BCUT2D eigenvalue weighted by Crippen LogP contribution is -2.28. The van der Waals surface area contributed by atoms with Gasteiger partial charge in [0, 0.05) is 17.6 Å². The van der Waals surface area contributed by atoms with Crippen molar-refractivity contribution in [1.82, 2.24) is 10.3 Å². The number of pyridine rings is 1. The molecular formula is C15H18N2O. The topological polar surface area (TPSA) is 34.1 Å². The van der Waals surface area contributed by atoms with Gasteiger partial charge in [-0.25, -0.2) is 4.98 Å². The van der Waals surface area contributed by atoms with E-state index in [0.717, 1.165) is 17.8 Å². The maximum absolute atomic E-state index is 5.88. The summed E-state index contributed by atoms with van der Waals surface area (Å²) < 4.78 is 5.88. The Labute approximate surface area is 107 Å². The molecule has 3 nitrogen and oxygen atoms in total. The summed E-state index contributed by atoms with van der Waals surface area (Å²) >= 11 is 0. The van der Waals surface area contributed by atoms with Gasteiger partial charge in [0.25, 0.3) is 0 Å². The Balaban J connectivity index is 1.85. The Morgan fingerprint density at radius 3 is 2.94 bits per heavy atom. The molecule has 1 unspecified atom stereocenters. The molecule has 3 heteroatoms. The molecule has 3 rings (SSSR count). The van der Waals surface area contributed by atoms with E-state index in [1.54, 1.807) is 0 Å². The molecule has 1 aliphatic heterocycles. The molecule has 18 heavy (non-hydrogen) atoms. The Morgan fingerprint density at radius 2 is 2.17 bits per heavy atom. The van der Waals surface area contributed by atoms with Gasteiger partial charge >= 0.3 is 0 Å². The van der Waals surface area contributed by atoms with Gasteiger partial charge in [0.2, 0.25) is 5.88 Å². The SMILES string of the molecule is Cc1cnc(OCC2CCCN2)c2ccccc12. The van der Waals surface area contributed by atoms with Crippen LogP contribution in [0.4, 0.5) is 0 Å². The Hall–Kier alpha value is -1.61. The second-order valence-electron chi connectivity index (χ2n) is 4.90. The average molecular weight is 242 g/mol. The van der Waals surface area contributed by atoms with Crippen LogP contribution in [0.15, 0.2) is 30.5 Å². The van der Waals surface area contributed by atoms with Crippen LogP contribution in [-0.4, -0.2) is 24.2 Å². The van der Waals surface area contributed by atoms with Crippen LogP contribution < -0.4 is 10.1 Å². The van der Waals surface area contributed by atoms with E-state index >= 15 is 0 Å². The van der Waals surface area contributed by atoms with Crippen molar-refractivity contribution in [1.29, 1.82) is 0 Å². The van der Waals surface area contributed by atoms with E-state index in [-0.39, 0.29) is 0 Å². The van der Waals surface area contributed by atoms with Crippen LogP contribution in [0.2, 0.25) is 0 Å². The second-order valence-corrected chi connectivity index (χ2v) is 4.90. The average Bonchev–Trinajstić information content (AvgIpc) is 2.92. The van der Waals surface area contributed by atoms with E-state index in [1.165, 1.54) is 23.8 Å². The van der Waals surface area contributed by atoms with Crippen LogP contribution in [0.3, 0.4) is 0 Å². The lowest BCUT2D eigenvalue weighted by atomic mass is 10.1. The maximum atomic E-state index is 5.88. The molecule has 1 N–H and O–H groups in total. The van der Waals surface area contributed by atoms with Crippen LogP contribution in [-0.2, 0) is 0 Å². The van der Waals surface area contributed by atoms with Crippen LogP contribution in [0.25, 0.3) is 10.8 Å². The van der Waals surface area contributed by atoms with Gasteiger partial charge in [-0.15, -0.1) is 0 Å². The largest absolute Gasteiger partial charge is 0.476 e. The highest BCUT2D eigenvalue weighted by Crippen LogP contribution is 2.25. The van der Waals surface area contributed by atoms with Crippen molar-refractivity contribution < 1.29 is 4.74 Å². The number of aromatic nitrogens is 1. The van der Waals surface area contributed by atoms with Crippen molar-refractivity contribution in [3.05, 3.63) is 36.0 Å². The molecule has 2 aromatic rings. The number of rotatable bonds is 3. The Morgan fingerprint density at radius 1 is 1.33 bits per heavy atom. The molecule has 0 aliphatic carbocycles. The first-order valence-corrected chi connectivity index (χ1v) is 6.55. The van der Waals surface area contributed by atoms with Crippen molar-refractivity contribution in [2.75, 3.05) is 13.2 Å². The number of nitrogens with zero attached hydrogens (tertiary/aromatic N) is 1. The molecule has 94 valence electrons. The first-order valence-electron chi connectivity index (χ1n) is 6.55. The van der Waals surface area contributed by atoms with Gasteiger partial charge in [-0.1, -0.05) is 18.2 Å². The summed E-state index contributed by atoms with van der Waals surface area (Å²) in [6.45, 7) is 3.90. The zero-order valence-electron chi connectivity index (χ0n) is 10.6. The van der Waals surface area contributed by atoms with Gasteiger partial charge in [0.05, 0.1) is 0 Å². The quantitative estimate of drug-likeness (QED) is 0.898. The zero-order valence-corrected chi connectivity index (χ0v) is 10.6. The fourth-order valence-corrected chi connectivity index (χ4v) is 2.50. The van der Waals surface area contributed by atoms with Crippen molar-refractivity contribution >= 4 is 10.8 Å². The van der Waals surface area contributed by atoms with Gasteiger partial charge in [0.1, 0.15) is 6.61 Å². The second kappa shape index (κ2) is 4.94. The minimum absolute atomic E-state index is 0.479. The third-order valence-corrected chi connectivity index (χ3v) is 3.54. The fraction of sp³-hybridized carbons (Fsp3) is 0.400. The van der Waals surface area contributed by atoms with Crippen LogP contribution in [0.5, 0.6) is 5.88 Å². The van der Waals surface area contributed by atoms with Crippen molar-refractivity contribution in [3.8, 4) is 5.88 Å². The first-order chi connectivity index (χ1) is 8.84. The summed E-state index contributed by atoms with van der Waals surface area (Å²) in [5, 5.41) is 5.76. The van der Waals surface area contributed by atoms with Gasteiger partial charge in [-0.05, 0) is 43.3 Å². The summed E-state index contributed by atoms with van der Waals surface area (Å²) in [6, 6.07) is 8.76. The van der Waals surface area contributed by atoms with E-state index in [2.05, 4.69) is 35.4 Å². The number of hydrogen-bond donors (Lipinski definition) is 1. The van der Waals surface area contributed by atoms with Crippen LogP contribution in [0, 0.1) is 6.92 Å². The number of fused-ring (bicyclic) bond motifs is 1. The molecule has 0 spiro atoms. The molecule has 1 fully saturated rings. The predicted octanol–water partition coefficient (Wildman–Crippen LogP) is 2.67. The van der Waals surface area contributed by atoms with Gasteiger partial charge in [-0.3, -0.25) is 0 Å². The molecule has 1 saturated heterocycles. The van der Waals surface area contributed by atoms with Crippen LogP contribution >= 0.6 is 0 Å². The molecule has 1 aromatic heterocycles. The number of nitrogens with one attached hydrogen (secondary N) is 1. The molecule has 2 heterocycles. The van der Waals surface area contributed by atoms with Crippen LogP contribution in [0.1, 0.15) is 18.4 Å². The third-order valence-electron chi connectivity index (χ3n) is 3.54. The minimum atomic E-state index is 0.479. The molecule has 0 radical (unpaired) electrons. The Bertz CT molecular complexity index is 547. The molecular weight excluding hydrogens is 224 g/mol. The number of hydrogen-bond acceptors (Lipinski definition) is 3. The zero-order chi connectivity index (χ0) is 12.4. The highest BCUT2D eigenvalue weighted by Gasteiger charge is 2.15. The standard InChI is InChI=1S/C15H18N2O/c1-11-9-17-15(14-7-3-2-6-13(11)14)18-10-12-5-4-8-16-12/h2-3,6-7,9,12,16H,4-5,8,10H2,1H3. The van der Waals surface area contributed by atoms with E-state index < -0.39 is 0 Å². The van der Waals surface area contributed by atoms with E-state index in [1.807, 2.05) is 12.3 Å². The predicted molar refractivity (Wildman–Crippen MR) is 73.0 cm³/mol. The van der Waals surface area contributed by atoms with Crippen molar-refractivity contribution in [2.45, 2.75) is 25.8 Å². The summed E-state index contributed by atoms with van der Waals surface area (Å²) in [7, 11) is 0. The first kappa shape index (κ1) is 11.5. The lowest BCUT2D eigenvalue weighted by Gasteiger charge is -2.13. The molecule has 0 amide bonds. The molecule has 0 saturated carbocycles. The van der Waals surface area contributed by atoms with Gasteiger partial charge < -0.3 is 10.1 Å². The minimum Gasteiger partial charge on any atom is -0.476 e. The summed E-state index contributed by atoms with van der Waals surface area (Å²) in [4.78, 5) is 4.42. The van der Waals surface area contributed by atoms with E-state index in [0.29, 0.717) is 12.6 Å². The Kier molecular flexibility index (Phi) is 3.15. The lowest BCUT2D eigenvalue weighted by molar-refractivity contribution is 0.271. The smallest absolute Gasteiger partial charge is 0.221 e. The molecule has 1 aliphatic rings.